The molecule has 0 unspecified atom stereocenters. The lowest BCUT2D eigenvalue weighted by Crippen LogP contribution is -2.49. The fourth-order valence-electron chi connectivity index (χ4n) is 4.00. The van der Waals surface area contributed by atoms with Crippen LogP contribution in [0.4, 0.5) is 10.6 Å². The van der Waals surface area contributed by atoms with Crippen molar-refractivity contribution in [2.24, 2.45) is 5.41 Å². The minimum atomic E-state index is -1.46. The van der Waals surface area contributed by atoms with Gasteiger partial charge in [-0.1, -0.05) is 89.1 Å². The van der Waals surface area contributed by atoms with E-state index in [1.54, 1.807) is 6.07 Å². The molecule has 0 radical (unpaired) electrons. The second-order valence-corrected chi connectivity index (χ2v) is 9.94. The van der Waals surface area contributed by atoms with Crippen molar-refractivity contribution in [3.63, 3.8) is 0 Å². The van der Waals surface area contributed by atoms with Crippen LogP contribution in [0.25, 0.3) is 11.1 Å². The van der Waals surface area contributed by atoms with Crippen LogP contribution in [-0.4, -0.2) is 39.5 Å². The largest absolute Gasteiger partial charge is 0.441 e. The van der Waals surface area contributed by atoms with Crippen molar-refractivity contribution in [3.05, 3.63) is 72.4 Å². The fourth-order valence-corrected chi connectivity index (χ4v) is 4.00. The molecule has 0 spiro atoms. The summed E-state index contributed by atoms with van der Waals surface area (Å²) in [5.74, 6) is -0.273. The zero-order chi connectivity index (χ0) is 26.1. The summed E-state index contributed by atoms with van der Waals surface area (Å²) in [6, 6.07) is 18.7. The molecule has 8 nitrogen and oxygen atoms in total. The van der Waals surface area contributed by atoms with Gasteiger partial charge in [-0.2, -0.15) is 5.10 Å². The van der Waals surface area contributed by atoms with Crippen molar-refractivity contribution in [3.8, 4) is 11.1 Å². The highest BCUT2D eigenvalue weighted by Gasteiger charge is 2.33. The van der Waals surface area contributed by atoms with E-state index in [4.69, 9.17) is 4.74 Å². The molecule has 3 rings (SSSR count). The molecule has 3 atom stereocenters. The van der Waals surface area contributed by atoms with E-state index in [9.17, 15) is 14.7 Å². The number of aliphatic hydroxyl groups is 1. The predicted molar refractivity (Wildman–Crippen MR) is 140 cm³/mol. The molecule has 1 aromatic heterocycles. The molecule has 8 heteroatoms. The Bertz CT molecular complexity index is 1110. The first-order valence-electron chi connectivity index (χ1n) is 12.3. The molecule has 1 heterocycles. The number of carbonyl (C=O) groups excluding carboxylic acids is 2. The third-order valence-electron chi connectivity index (χ3n) is 5.89. The van der Waals surface area contributed by atoms with Gasteiger partial charge in [0.05, 0.1) is 12.2 Å². The van der Waals surface area contributed by atoms with E-state index in [0.29, 0.717) is 12.2 Å². The average molecular weight is 493 g/mol. The lowest BCUT2D eigenvalue weighted by molar-refractivity contribution is -0.125. The van der Waals surface area contributed by atoms with Crippen LogP contribution >= 0.6 is 0 Å². The van der Waals surface area contributed by atoms with Gasteiger partial charge in [-0.15, -0.1) is 0 Å². The zero-order valence-corrected chi connectivity index (χ0v) is 21.3. The van der Waals surface area contributed by atoms with Gasteiger partial charge >= 0.3 is 6.09 Å². The minimum absolute atomic E-state index is 0.363. The molecule has 2 aromatic carbocycles. The first kappa shape index (κ1) is 26.9. The van der Waals surface area contributed by atoms with E-state index in [1.807, 2.05) is 82.3 Å². The van der Waals surface area contributed by atoms with E-state index < -0.39 is 35.7 Å². The third-order valence-corrected chi connectivity index (χ3v) is 5.89. The Morgan fingerprint density at radius 2 is 1.78 bits per heavy atom. The Morgan fingerprint density at radius 3 is 2.42 bits per heavy atom. The number of aromatic amines is 1. The number of nitrogens with one attached hydrogen (secondary N) is 3. The van der Waals surface area contributed by atoms with Crippen LogP contribution in [0, 0.1) is 5.41 Å². The molecule has 36 heavy (non-hydrogen) atoms. The normalized spacial score (nSPS) is 13.9. The van der Waals surface area contributed by atoms with Crippen LogP contribution in [0.2, 0.25) is 0 Å². The number of unbranched alkanes of at least 4 members (excludes halogenated alkanes) is 1. The summed E-state index contributed by atoms with van der Waals surface area (Å²) < 4.78 is 5.93. The number of aliphatic hydroxyl groups excluding tert-OH is 1. The number of hydrogen-bond donors (Lipinski definition) is 4. The summed E-state index contributed by atoms with van der Waals surface area (Å²) in [4.78, 5) is 25.6. The molecule has 3 aromatic rings. The number of alkyl carbamates (subject to hydrolysis) is 1. The van der Waals surface area contributed by atoms with Crippen molar-refractivity contribution < 1.29 is 19.4 Å². The van der Waals surface area contributed by atoms with Gasteiger partial charge in [-0.3, -0.25) is 9.89 Å². The maximum absolute atomic E-state index is 13.1. The number of hydrogen-bond acceptors (Lipinski definition) is 5. The van der Waals surface area contributed by atoms with Gasteiger partial charge in [0.2, 0.25) is 0 Å². The van der Waals surface area contributed by atoms with Crippen molar-refractivity contribution >= 4 is 17.8 Å². The standard InChI is InChI=1S/C28H36N4O4/c1-5-6-15-22(24(33)26(34)31-23-16-17-29-32-23)30-27(35)36-25(28(2,3)4)21-14-10-13-20(18-21)19-11-8-7-9-12-19/h7-14,16-18,22,24-25,33H,5-6,15H2,1-4H3,(H,30,35)(H2,29,31,32,34)/t22-,24+,25-/m0/s1. The fraction of sp³-hybridized carbons (Fsp3) is 0.393. The summed E-state index contributed by atoms with van der Waals surface area (Å²) in [5, 5.41) is 22.4. The average Bonchev–Trinajstić information content (AvgIpc) is 3.37. The Balaban J connectivity index is 1.75. The Morgan fingerprint density at radius 1 is 1.06 bits per heavy atom. The number of anilines is 1. The van der Waals surface area contributed by atoms with E-state index in [-0.39, 0.29) is 0 Å². The number of amides is 2. The first-order valence-corrected chi connectivity index (χ1v) is 12.3. The molecule has 2 amide bonds. The van der Waals surface area contributed by atoms with Gasteiger partial charge in [-0.05, 0) is 29.2 Å². The highest BCUT2D eigenvalue weighted by molar-refractivity contribution is 5.94. The Labute approximate surface area is 212 Å². The Hall–Kier alpha value is -3.65. The van der Waals surface area contributed by atoms with Crippen LogP contribution in [0.3, 0.4) is 0 Å². The molecular weight excluding hydrogens is 456 g/mol. The van der Waals surface area contributed by atoms with E-state index >= 15 is 0 Å². The summed E-state index contributed by atoms with van der Waals surface area (Å²) in [7, 11) is 0. The molecular formula is C28H36N4O4. The van der Waals surface area contributed by atoms with Gasteiger partial charge in [0.15, 0.2) is 6.10 Å². The zero-order valence-electron chi connectivity index (χ0n) is 21.3. The highest BCUT2D eigenvalue weighted by atomic mass is 16.6. The maximum atomic E-state index is 13.1. The van der Waals surface area contributed by atoms with E-state index in [0.717, 1.165) is 29.5 Å². The number of H-pyrrole nitrogens is 1. The van der Waals surface area contributed by atoms with Crippen LogP contribution < -0.4 is 10.6 Å². The SMILES string of the molecule is CCCC[C@H](NC(=O)O[C@@H](c1cccc(-c2ccccc2)c1)C(C)(C)C)[C@@H](O)C(=O)Nc1ccn[nH]1. The van der Waals surface area contributed by atoms with Crippen LogP contribution in [-0.2, 0) is 9.53 Å². The topological polar surface area (TPSA) is 116 Å². The van der Waals surface area contributed by atoms with E-state index in [2.05, 4.69) is 20.8 Å². The minimum Gasteiger partial charge on any atom is -0.441 e. The number of nitrogens with zero attached hydrogens (tertiary/aromatic N) is 1. The van der Waals surface area contributed by atoms with Gasteiger partial charge in [-0.25, -0.2) is 4.79 Å². The Kier molecular flexibility index (Phi) is 9.25. The first-order chi connectivity index (χ1) is 17.2. The summed E-state index contributed by atoms with van der Waals surface area (Å²) in [6.45, 7) is 8.01. The van der Waals surface area contributed by atoms with Crippen molar-refractivity contribution in [1.82, 2.24) is 15.5 Å². The van der Waals surface area contributed by atoms with Gasteiger partial charge in [0.25, 0.3) is 5.91 Å². The second kappa shape index (κ2) is 12.4. The van der Waals surface area contributed by atoms with Crippen LogP contribution in [0.5, 0.6) is 0 Å². The molecule has 0 aliphatic rings. The summed E-state index contributed by atoms with van der Waals surface area (Å²) in [5.41, 5.74) is 2.56. The summed E-state index contributed by atoms with van der Waals surface area (Å²) in [6.07, 6.45) is 0.791. The molecule has 0 aliphatic heterocycles. The lowest BCUT2D eigenvalue weighted by Gasteiger charge is -2.32. The van der Waals surface area contributed by atoms with E-state index in [1.165, 1.54) is 6.20 Å². The van der Waals surface area contributed by atoms with Crippen LogP contribution in [0.15, 0.2) is 66.9 Å². The molecule has 0 saturated carbocycles. The number of aromatic nitrogens is 2. The van der Waals surface area contributed by atoms with Crippen molar-refractivity contribution in [2.75, 3.05) is 5.32 Å². The van der Waals surface area contributed by atoms with Gasteiger partial charge < -0.3 is 20.5 Å². The monoisotopic (exact) mass is 492 g/mol. The maximum Gasteiger partial charge on any atom is 0.408 e. The number of carbonyl (C=O) groups is 2. The molecule has 192 valence electrons. The molecule has 0 saturated heterocycles. The number of ether oxygens (including phenoxy) is 1. The smallest absolute Gasteiger partial charge is 0.408 e. The molecule has 0 aliphatic carbocycles. The molecule has 0 fully saturated rings. The van der Waals surface area contributed by atoms with Gasteiger partial charge in [0.1, 0.15) is 11.9 Å². The van der Waals surface area contributed by atoms with Crippen molar-refractivity contribution in [2.45, 2.75) is 65.2 Å². The summed E-state index contributed by atoms with van der Waals surface area (Å²) >= 11 is 0. The second-order valence-electron chi connectivity index (χ2n) is 9.94. The quantitative estimate of drug-likeness (QED) is 0.300. The highest BCUT2D eigenvalue weighted by Crippen LogP contribution is 2.37. The molecule has 0 bridgehead atoms. The van der Waals surface area contributed by atoms with Crippen molar-refractivity contribution in [1.29, 1.82) is 0 Å². The number of rotatable bonds is 10. The van der Waals surface area contributed by atoms with Gasteiger partial charge in [0, 0.05) is 11.5 Å². The third kappa shape index (κ3) is 7.42. The lowest BCUT2D eigenvalue weighted by atomic mass is 9.84. The molecule has 4 N–H and O–H groups in total. The predicted octanol–water partition coefficient (Wildman–Crippen LogP) is 5.45. The van der Waals surface area contributed by atoms with Crippen LogP contribution in [0.1, 0.15) is 58.6 Å². The number of benzene rings is 2.